The largest absolute Gasteiger partial charge is 0.490 e. The first-order valence-electron chi connectivity index (χ1n) is 9.34. The van der Waals surface area contributed by atoms with Gasteiger partial charge in [0.15, 0.2) is 11.5 Å². The van der Waals surface area contributed by atoms with Crippen molar-refractivity contribution < 1.29 is 9.47 Å². The number of benzene rings is 3. The van der Waals surface area contributed by atoms with Gasteiger partial charge in [-0.3, -0.25) is 0 Å². The highest BCUT2D eigenvalue weighted by Crippen LogP contribution is 2.31. The molecule has 0 unspecified atom stereocenters. The van der Waals surface area contributed by atoms with Crippen LogP contribution in [0.5, 0.6) is 11.5 Å². The van der Waals surface area contributed by atoms with E-state index in [-0.39, 0.29) is 6.61 Å². The molecule has 0 saturated heterocycles. The van der Waals surface area contributed by atoms with Crippen LogP contribution in [0.1, 0.15) is 23.6 Å². The van der Waals surface area contributed by atoms with Crippen LogP contribution in [0.3, 0.4) is 0 Å². The average Bonchev–Trinajstić information content (AvgIpc) is 2.70. The second kappa shape index (κ2) is 10.7. The van der Waals surface area contributed by atoms with E-state index in [1.807, 2.05) is 55.5 Å². The van der Waals surface area contributed by atoms with Gasteiger partial charge in [-0.05, 0) is 48.4 Å². The van der Waals surface area contributed by atoms with Crippen LogP contribution in [-0.2, 0) is 19.7 Å². The molecule has 0 bridgehead atoms. The molecule has 0 amide bonds. The number of halogens is 3. The molecule has 0 aliphatic rings. The highest BCUT2D eigenvalue weighted by molar-refractivity contribution is 6.36. The molecule has 0 aromatic heterocycles. The summed E-state index contributed by atoms with van der Waals surface area (Å²) in [6, 6.07) is 19.1. The second-order valence-corrected chi connectivity index (χ2v) is 7.62. The SMILES string of the molecule is CCOc1cc(CNCc2ccccc2Cl)ccc1OCc1c(Cl)cccc1Cl. The van der Waals surface area contributed by atoms with Crippen LogP contribution < -0.4 is 14.8 Å². The number of rotatable bonds is 9. The molecule has 3 nitrogen and oxygen atoms in total. The van der Waals surface area contributed by atoms with Crippen LogP contribution >= 0.6 is 34.8 Å². The Balaban J connectivity index is 1.66. The first-order valence-corrected chi connectivity index (χ1v) is 10.5. The van der Waals surface area contributed by atoms with E-state index in [1.54, 1.807) is 12.1 Å². The molecule has 0 heterocycles. The zero-order valence-electron chi connectivity index (χ0n) is 16.1. The van der Waals surface area contributed by atoms with Gasteiger partial charge in [-0.25, -0.2) is 0 Å². The fourth-order valence-electron chi connectivity index (χ4n) is 2.85. The van der Waals surface area contributed by atoms with E-state index < -0.39 is 0 Å². The van der Waals surface area contributed by atoms with Crippen LogP contribution in [0.15, 0.2) is 60.7 Å². The molecular formula is C23H22Cl3NO2. The Kier molecular flexibility index (Phi) is 8.08. The normalized spacial score (nSPS) is 10.8. The third kappa shape index (κ3) is 6.03. The summed E-state index contributed by atoms with van der Waals surface area (Å²) in [6.07, 6.45) is 0. The fourth-order valence-corrected chi connectivity index (χ4v) is 3.56. The van der Waals surface area contributed by atoms with Crippen molar-refractivity contribution in [3.8, 4) is 11.5 Å². The first-order chi connectivity index (χ1) is 14.1. The Morgan fingerprint density at radius 2 is 1.48 bits per heavy atom. The number of ether oxygens (including phenoxy) is 2. The maximum atomic E-state index is 6.23. The number of hydrogen-bond donors (Lipinski definition) is 1. The molecule has 0 radical (unpaired) electrons. The van der Waals surface area contributed by atoms with E-state index >= 15 is 0 Å². The fraction of sp³-hybridized carbons (Fsp3) is 0.217. The molecule has 3 rings (SSSR count). The van der Waals surface area contributed by atoms with Gasteiger partial charge in [-0.2, -0.15) is 0 Å². The number of hydrogen-bond acceptors (Lipinski definition) is 3. The van der Waals surface area contributed by atoms with Crippen molar-refractivity contribution in [2.45, 2.75) is 26.6 Å². The van der Waals surface area contributed by atoms with Crippen molar-refractivity contribution in [2.24, 2.45) is 0 Å². The van der Waals surface area contributed by atoms with E-state index in [4.69, 9.17) is 44.3 Å². The van der Waals surface area contributed by atoms with Gasteiger partial charge in [0.25, 0.3) is 0 Å². The Morgan fingerprint density at radius 3 is 2.21 bits per heavy atom. The highest BCUT2D eigenvalue weighted by Gasteiger charge is 2.11. The summed E-state index contributed by atoms with van der Waals surface area (Å²) in [4.78, 5) is 0. The maximum absolute atomic E-state index is 6.23. The van der Waals surface area contributed by atoms with Gasteiger partial charge < -0.3 is 14.8 Å². The van der Waals surface area contributed by atoms with Gasteiger partial charge in [0.2, 0.25) is 0 Å². The van der Waals surface area contributed by atoms with Crippen molar-refractivity contribution in [1.29, 1.82) is 0 Å². The van der Waals surface area contributed by atoms with Gasteiger partial charge in [0.1, 0.15) is 6.61 Å². The third-order valence-electron chi connectivity index (χ3n) is 4.34. The smallest absolute Gasteiger partial charge is 0.161 e. The summed E-state index contributed by atoms with van der Waals surface area (Å²) in [6.45, 7) is 4.12. The molecule has 1 N–H and O–H groups in total. The van der Waals surface area contributed by atoms with Crippen LogP contribution in [-0.4, -0.2) is 6.61 Å². The Bertz CT molecular complexity index is 942. The van der Waals surface area contributed by atoms with Gasteiger partial charge >= 0.3 is 0 Å². The molecule has 0 atom stereocenters. The molecule has 0 aliphatic carbocycles. The van der Waals surface area contributed by atoms with E-state index in [1.165, 1.54) is 0 Å². The van der Waals surface area contributed by atoms with E-state index in [9.17, 15) is 0 Å². The van der Waals surface area contributed by atoms with Gasteiger partial charge in [0, 0.05) is 33.7 Å². The summed E-state index contributed by atoms with van der Waals surface area (Å²) >= 11 is 18.7. The molecular weight excluding hydrogens is 429 g/mol. The van der Waals surface area contributed by atoms with Crippen molar-refractivity contribution in [3.63, 3.8) is 0 Å². The summed E-state index contributed by atoms with van der Waals surface area (Å²) in [5.41, 5.74) is 2.91. The molecule has 3 aromatic rings. The van der Waals surface area contributed by atoms with Gasteiger partial charge in [-0.1, -0.05) is 65.1 Å². The van der Waals surface area contributed by atoms with Gasteiger partial charge in [0.05, 0.1) is 6.61 Å². The molecule has 3 aromatic carbocycles. The summed E-state index contributed by atoms with van der Waals surface area (Å²) in [5, 5.41) is 5.32. The predicted molar refractivity (Wildman–Crippen MR) is 120 cm³/mol. The van der Waals surface area contributed by atoms with E-state index in [0.717, 1.165) is 21.7 Å². The highest BCUT2D eigenvalue weighted by atomic mass is 35.5. The first kappa shape index (κ1) is 21.8. The van der Waals surface area contributed by atoms with Crippen molar-refractivity contribution in [3.05, 3.63) is 92.4 Å². The van der Waals surface area contributed by atoms with E-state index in [2.05, 4.69) is 5.32 Å². The minimum absolute atomic E-state index is 0.267. The molecule has 152 valence electrons. The van der Waals surface area contributed by atoms with Crippen molar-refractivity contribution >= 4 is 34.8 Å². The molecule has 29 heavy (non-hydrogen) atoms. The lowest BCUT2D eigenvalue weighted by Gasteiger charge is -2.15. The quantitative estimate of drug-likeness (QED) is 0.384. The van der Waals surface area contributed by atoms with Gasteiger partial charge in [-0.15, -0.1) is 0 Å². The van der Waals surface area contributed by atoms with Crippen molar-refractivity contribution in [2.75, 3.05) is 6.61 Å². The second-order valence-electron chi connectivity index (χ2n) is 6.40. The molecule has 0 saturated carbocycles. The molecule has 6 heteroatoms. The lowest BCUT2D eigenvalue weighted by molar-refractivity contribution is 0.269. The van der Waals surface area contributed by atoms with Crippen LogP contribution in [0.4, 0.5) is 0 Å². The molecule has 0 spiro atoms. The minimum Gasteiger partial charge on any atom is -0.490 e. The Labute approximate surface area is 186 Å². The lowest BCUT2D eigenvalue weighted by atomic mass is 10.1. The average molecular weight is 451 g/mol. The minimum atomic E-state index is 0.267. The zero-order chi connectivity index (χ0) is 20.6. The topological polar surface area (TPSA) is 30.5 Å². The van der Waals surface area contributed by atoms with Crippen LogP contribution in [0.2, 0.25) is 15.1 Å². The Hall–Kier alpha value is -1.91. The lowest BCUT2D eigenvalue weighted by Crippen LogP contribution is -2.13. The zero-order valence-corrected chi connectivity index (χ0v) is 18.3. The standard InChI is InChI=1S/C23H22Cl3NO2/c1-2-28-23-12-16(13-27-14-17-6-3-4-7-19(17)24)10-11-22(23)29-15-18-20(25)8-5-9-21(18)26/h3-12,27H,2,13-15H2,1H3. The van der Waals surface area contributed by atoms with Crippen molar-refractivity contribution in [1.82, 2.24) is 5.32 Å². The summed E-state index contributed by atoms with van der Waals surface area (Å²) in [5.74, 6) is 1.34. The summed E-state index contributed by atoms with van der Waals surface area (Å²) < 4.78 is 11.7. The molecule has 0 fully saturated rings. The molecule has 0 aliphatic heterocycles. The third-order valence-corrected chi connectivity index (χ3v) is 5.42. The monoisotopic (exact) mass is 449 g/mol. The maximum Gasteiger partial charge on any atom is 0.161 e. The number of nitrogens with one attached hydrogen (secondary N) is 1. The summed E-state index contributed by atoms with van der Waals surface area (Å²) in [7, 11) is 0. The van der Waals surface area contributed by atoms with Crippen LogP contribution in [0.25, 0.3) is 0 Å². The van der Waals surface area contributed by atoms with Crippen LogP contribution in [0, 0.1) is 0 Å². The van der Waals surface area contributed by atoms with E-state index in [0.29, 0.717) is 41.2 Å². The predicted octanol–water partition coefficient (Wildman–Crippen LogP) is 6.91. The Morgan fingerprint density at radius 1 is 0.759 bits per heavy atom.